The molecular formula is C41H25NOS. The number of anilines is 2. The van der Waals surface area contributed by atoms with Gasteiger partial charge in [-0.05, 0) is 75.5 Å². The number of nitrogens with one attached hydrogen (secondary N) is 1. The Balaban J connectivity index is 1.14. The average molecular weight is 580 g/mol. The highest BCUT2D eigenvalue weighted by Crippen LogP contribution is 2.62. The quantitative estimate of drug-likeness (QED) is 0.220. The van der Waals surface area contributed by atoms with Gasteiger partial charge < -0.3 is 10.1 Å². The summed E-state index contributed by atoms with van der Waals surface area (Å²) in [5, 5.41) is 8.98. The van der Waals surface area contributed by atoms with Crippen LogP contribution in [0.2, 0.25) is 0 Å². The van der Waals surface area contributed by atoms with Crippen molar-refractivity contribution in [2.75, 3.05) is 5.32 Å². The van der Waals surface area contributed by atoms with Gasteiger partial charge in [0.05, 0.1) is 5.41 Å². The molecule has 0 radical (unpaired) electrons. The third-order valence-corrected chi connectivity index (χ3v) is 10.7. The van der Waals surface area contributed by atoms with Gasteiger partial charge in [-0.1, -0.05) is 103 Å². The molecule has 2 nitrogen and oxygen atoms in total. The third-order valence-electron chi connectivity index (χ3n) is 9.50. The second kappa shape index (κ2) is 8.82. The molecule has 1 spiro atoms. The Labute approximate surface area is 258 Å². The highest BCUT2D eigenvalue weighted by Gasteiger charge is 2.50. The van der Waals surface area contributed by atoms with Crippen LogP contribution >= 0.6 is 11.3 Å². The van der Waals surface area contributed by atoms with Crippen molar-refractivity contribution in [2.24, 2.45) is 0 Å². The van der Waals surface area contributed by atoms with Crippen LogP contribution in [0.5, 0.6) is 11.5 Å². The van der Waals surface area contributed by atoms with E-state index in [0.717, 1.165) is 22.9 Å². The second-order valence-corrected chi connectivity index (χ2v) is 12.8. The van der Waals surface area contributed by atoms with E-state index in [0.29, 0.717) is 0 Å². The van der Waals surface area contributed by atoms with Crippen molar-refractivity contribution in [1.29, 1.82) is 0 Å². The van der Waals surface area contributed by atoms with Crippen LogP contribution in [-0.4, -0.2) is 0 Å². The summed E-state index contributed by atoms with van der Waals surface area (Å²) in [6.45, 7) is 0. The fourth-order valence-corrected chi connectivity index (χ4v) is 8.90. The summed E-state index contributed by atoms with van der Waals surface area (Å²) in [5.74, 6) is 1.83. The smallest absolute Gasteiger partial charge is 0.132 e. The largest absolute Gasteiger partial charge is 0.457 e. The van der Waals surface area contributed by atoms with Crippen molar-refractivity contribution in [2.45, 2.75) is 5.41 Å². The highest BCUT2D eigenvalue weighted by molar-refractivity contribution is 7.26. The third kappa shape index (κ3) is 3.14. The van der Waals surface area contributed by atoms with Crippen LogP contribution in [-0.2, 0) is 5.41 Å². The average Bonchev–Trinajstić information content (AvgIpc) is 3.59. The predicted molar refractivity (Wildman–Crippen MR) is 184 cm³/mol. The molecule has 0 saturated heterocycles. The van der Waals surface area contributed by atoms with Gasteiger partial charge in [0.15, 0.2) is 0 Å². The van der Waals surface area contributed by atoms with Gasteiger partial charge in [0.25, 0.3) is 0 Å². The minimum Gasteiger partial charge on any atom is -0.457 e. The summed E-state index contributed by atoms with van der Waals surface area (Å²) in [4.78, 5) is 0. The maximum Gasteiger partial charge on any atom is 0.132 e. The fraction of sp³-hybridized carbons (Fsp3) is 0.0244. The monoisotopic (exact) mass is 579 g/mol. The summed E-state index contributed by atoms with van der Waals surface area (Å²) in [6, 6.07) is 52.7. The molecule has 0 saturated carbocycles. The van der Waals surface area contributed by atoms with Gasteiger partial charge in [-0.15, -0.1) is 11.3 Å². The van der Waals surface area contributed by atoms with Gasteiger partial charge in [0.1, 0.15) is 11.5 Å². The Morgan fingerprint density at radius 3 is 1.98 bits per heavy atom. The SMILES string of the molecule is c1ccc2c(c1)Oc1ccccc1C21c2ccccc2-c2cc(Nc3ccc4sc5c6ccccc6ccc5c4c3)ccc21. The van der Waals surface area contributed by atoms with Crippen molar-refractivity contribution in [3.05, 3.63) is 168 Å². The van der Waals surface area contributed by atoms with Crippen LogP contribution in [0.15, 0.2) is 146 Å². The first-order chi connectivity index (χ1) is 21.8. The van der Waals surface area contributed by atoms with Crippen LogP contribution in [0.1, 0.15) is 22.3 Å². The molecule has 0 fully saturated rings. The predicted octanol–water partition coefficient (Wildman–Crippen LogP) is 11.4. The summed E-state index contributed by atoms with van der Waals surface area (Å²) in [5.41, 5.74) is 9.22. The molecule has 3 heteroatoms. The van der Waals surface area contributed by atoms with Crippen LogP contribution in [0.3, 0.4) is 0 Å². The number of para-hydroxylation sites is 2. The Bertz CT molecular complexity index is 2430. The zero-order chi connectivity index (χ0) is 28.8. The molecule has 2 aliphatic rings. The normalized spacial score (nSPS) is 13.8. The van der Waals surface area contributed by atoms with Crippen LogP contribution in [0, 0.1) is 0 Å². The number of hydrogen-bond acceptors (Lipinski definition) is 3. The van der Waals surface area contributed by atoms with E-state index in [2.05, 4.69) is 151 Å². The first-order valence-electron chi connectivity index (χ1n) is 15.0. The number of thiophene rings is 1. The lowest BCUT2D eigenvalue weighted by Gasteiger charge is -2.39. The summed E-state index contributed by atoms with van der Waals surface area (Å²) in [6.07, 6.45) is 0. The molecule has 0 atom stereocenters. The molecule has 206 valence electrons. The Morgan fingerprint density at radius 2 is 1.14 bits per heavy atom. The summed E-state index contributed by atoms with van der Waals surface area (Å²) < 4.78 is 9.13. The van der Waals surface area contributed by atoms with Gasteiger partial charge in [0.2, 0.25) is 0 Å². The zero-order valence-electron chi connectivity index (χ0n) is 23.7. The Hall–Kier alpha value is -5.38. The standard InChI is InChI=1S/C41H25NOS/c1-2-10-28-25(9-1)17-20-30-32-24-27(19-22-39(32)44-40(28)30)42-26-18-21-34-31(23-26)29-11-3-4-12-33(29)41(34)35-13-5-7-15-37(35)43-38-16-8-6-14-36(38)41/h1-24,42H. The van der Waals surface area contributed by atoms with E-state index in [1.54, 1.807) is 0 Å². The van der Waals surface area contributed by atoms with Gasteiger partial charge in [-0.3, -0.25) is 0 Å². The zero-order valence-corrected chi connectivity index (χ0v) is 24.5. The van der Waals surface area contributed by atoms with E-state index in [1.807, 2.05) is 11.3 Å². The molecule has 0 amide bonds. The van der Waals surface area contributed by atoms with Crippen molar-refractivity contribution in [1.82, 2.24) is 0 Å². The number of fused-ring (bicyclic) bond motifs is 14. The molecule has 10 rings (SSSR count). The van der Waals surface area contributed by atoms with Crippen molar-refractivity contribution >= 4 is 53.7 Å². The second-order valence-electron chi connectivity index (χ2n) is 11.8. The minimum absolute atomic E-state index is 0.437. The van der Waals surface area contributed by atoms with E-state index in [1.165, 1.54) is 64.3 Å². The Kier molecular flexibility index (Phi) is 4.83. The lowest BCUT2D eigenvalue weighted by Crippen LogP contribution is -2.32. The van der Waals surface area contributed by atoms with E-state index in [9.17, 15) is 0 Å². The number of benzene rings is 7. The molecule has 7 aromatic carbocycles. The maximum absolute atomic E-state index is 6.47. The first kappa shape index (κ1) is 24.1. The van der Waals surface area contributed by atoms with Crippen molar-refractivity contribution in [3.63, 3.8) is 0 Å². The summed E-state index contributed by atoms with van der Waals surface area (Å²) >= 11 is 1.88. The Morgan fingerprint density at radius 1 is 0.477 bits per heavy atom. The van der Waals surface area contributed by atoms with Crippen molar-refractivity contribution < 1.29 is 4.74 Å². The van der Waals surface area contributed by atoms with Crippen molar-refractivity contribution in [3.8, 4) is 22.6 Å². The van der Waals surface area contributed by atoms with Gasteiger partial charge in [-0.2, -0.15) is 0 Å². The topological polar surface area (TPSA) is 21.3 Å². The number of ether oxygens (including phenoxy) is 1. The highest BCUT2D eigenvalue weighted by atomic mass is 32.1. The van der Waals surface area contributed by atoms with Crippen LogP contribution in [0.25, 0.3) is 42.1 Å². The van der Waals surface area contributed by atoms with E-state index < -0.39 is 5.41 Å². The summed E-state index contributed by atoms with van der Waals surface area (Å²) in [7, 11) is 0. The number of rotatable bonds is 2. The molecule has 1 aliphatic carbocycles. The molecule has 0 bridgehead atoms. The molecule has 1 N–H and O–H groups in total. The molecule has 1 aromatic heterocycles. The minimum atomic E-state index is -0.437. The van der Waals surface area contributed by atoms with E-state index >= 15 is 0 Å². The van der Waals surface area contributed by atoms with Crippen LogP contribution < -0.4 is 10.1 Å². The lowest BCUT2D eigenvalue weighted by atomic mass is 9.66. The molecule has 0 unspecified atom stereocenters. The van der Waals surface area contributed by atoms with Gasteiger partial charge in [0, 0.05) is 42.7 Å². The number of hydrogen-bond donors (Lipinski definition) is 1. The van der Waals surface area contributed by atoms with E-state index in [-0.39, 0.29) is 0 Å². The van der Waals surface area contributed by atoms with E-state index in [4.69, 9.17) is 4.74 Å². The maximum atomic E-state index is 6.47. The van der Waals surface area contributed by atoms with Crippen LogP contribution in [0.4, 0.5) is 11.4 Å². The molecule has 1 aliphatic heterocycles. The van der Waals surface area contributed by atoms with Gasteiger partial charge >= 0.3 is 0 Å². The lowest BCUT2D eigenvalue weighted by molar-refractivity contribution is 0.436. The fourth-order valence-electron chi connectivity index (χ4n) is 7.69. The molecule has 44 heavy (non-hydrogen) atoms. The van der Waals surface area contributed by atoms with Gasteiger partial charge in [-0.25, -0.2) is 0 Å². The molecule has 8 aromatic rings. The molecular weight excluding hydrogens is 555 g/mol. The molecule has 2 heterocycles. The first-order valence-corrected chi connectivity index (χ1v) is 15.8.